The largest absolute Gasteiger partial charge is 0.468 e. The van der Waals surface area contributed by atoms with E-state index in [2.05, 4.69) is 4.72 Å². The molecule has 3 aromatic rings. The molecule has 154 valence electrons. The molecule has 0 bridgehead atoms. The molecule has 0 aliphatic rings. The van der Waals surface area contributed by atoms with Crippen molar-refractivity contribution in [1.29, 1.82) is 0 Å². The first-order chi connectivity index (χ1) is 13.7. The number of hydrogen-bond acceptors (Lipinski definition) is 5. The molecule has 0 aliphatic carbocycles. The molecule has 0 saturated carbocycles. The van der Waals surface area contributed by atoms with Gasteiger partial charge >= 0.3 is 0 Å². The second kappa shape index (κ2) is 8.62. The Morgan fingerprint density at radius 1 is 1.14 bits per heavy atom. The van der Waals surface area contributed by atoms with E-state index < -0.39 is 15.9 Å². The Morgan fingerprint density at radius 2 is 1.90 bits per heavy atom. The van der Waals surface area contributed by atoms with Gasteiger partial charge in [-0.3, -0.25) is 4.79 Å². The first-order valence-corrected chi connectivity index (χ1v) is 10.7. The van der Waals surface area contributed by atoms with Crippen LogP contribution in [0.2, 0.25) is 10.0 Å². The minimum absolute atomic E-state index is 0.0141. The maximum absolute atomic E-state index is 12.8. The van der Waals surface area contributed by atoms with Gasteiger partial charge in [-0.05, 0) is 43.3 Å². The molecule has 2 aromatic heterocycles. The third-order valence-electron chi connectivity index (χ3n) is 4.09. The summed E-state index contributed by atoms with van der Waals surface area (Å²) in [6.45, 7) is 1.94. The number of rotatable bonds is 7. The third kappa shape index (κ3) is 5.02. The van der Waals surface area contributed by atoms with Crippen molar-refractivity contribution >= 4 is 39.1 Å². The fourth-order valence-corrected chi connectivity index (χ4v) is 4.48. The fraction of sp³-hybridized carbons (Fsp3) is 0.211. The minimum Gasteiger partial charge on any atom is -0.468 e. The highest BCUT2D eigenvalue weighted by molar-refractivity contribution is 7.89. The van der Waals surface area contributed by atoms with Gasteiger partial charge in [-0.1, -0.05) is 23.2 Å². The van der Waals surface area contributed by atoms with Gasteiger partial charge in [0.1, 0.15) is 22.2 Å². The topological polar surface area (TPSA) is 92.8 Å². The van der Waals surface area contributed by atoms with Gasteiger partial charge in [0.2, 0.25) is 10.0 Å². The van der Waals surface area contributed by atoms with Crippen LogP contribution in [0, 0.1) is 6.92 Å². The Kier molecular flexibility index (Phi) is 6.38. The number of nitrogens with zero attached hydrogens (tertiary/aromatic N) is 1. The molecule has 2 heterocycles. The molecule has 1 amide bonds. The van der Waals surface area contributed by atoms with Crippen LogP contribution in [0.15, 0.2) is 56.4 Å². The van der Waals surface area contributed by atoms with Gasteiger partial charge in [-0.2, -0.15) is 0 Å². The number of halogens is 2. The van der Waals surface area contributed by atoms with E-state index in [1.807, 2.05) is 0 Å². The summed E-state index contributed by atoms with van der Waals surface area (Å²) >= 11 is 12.3. The van der Waals surface area contributed by atoms with Gasteiger partial charge in [0, 0.05) is 7.05 Å². The summed E-state index contributed by atoms with van der Waals surface area (Å²) < 4.78 is 38.3. The molecule has 1 aromatic carbocycles. The predicted molar refractivity (Wildman–Crippen MR) is 108 cm³/mol. The molecular formula is C19H18Cl2N2O5S. The Labute approximate surface area is 178 Å². The summed E-state index contributed by atoms with van der Waals surface area (Å²) in [5.74, 6) is 1.28. The van der Waals surface area contributed by atoms with Gasteiger partial charge in [0.25, 0.3) is 5.91 Å². The first-order valence-electron chi connectivity index (χ1n) is 8.49. The Balaban J connectivity index is 1.85. The normalized spacial score (nSPS) is 11.6. The highest BCUT2D eigenvalue weighted by Gasteiger charge is 2.24. The van der Waals surface area contributed by atoms with Crippen LogP contribution >= 0.6 is 23.2 Å². The Hall–Kier alpha value is -2.26. The average molecular weight is 457 g/mol. The molecular weight excluding hydrogens is 439 g/mol. The lowest BCUT2D eigenvalue weighted by Crippen LogP contribution is -2.27. The fourth-order valence-electron chi connectivity index (χ4n) is 2.64. The van der Waals surface area contributed by atoms with E-state index in [9.17, 15) is 13.2 Å². The van der Waals surface area contributed by atoms with Gasteiger partial charge < -0.3 is 13.7 Å². The van der Waals surface area contributed by atoms with Gasteiger partial charge in [0.05, 0.1) is 35.0 Å². The van der Waals surface area contributed by atoms with Gasteiger partial charge in [-0.15, -0.1) is 0 Å². The SMILES string of the molecule is Cc1ccc(CN(C)C(=O)c2cc(S(=O)(=O)NCc3ccco3)c(Cl)cc2Cl)o1. The maximum atomic E-state index is 12.8. The minimum atomic E-state index is -4.01. The number of hydrogen-bond donors (Lipinski definition) is 1. The molecule has 0 radical (unpaired) electrons. The van der Waals surface area contributed by atoms with Crippen LogP contribution in [0.25, 0.3) is 0 Å². The Bertz CT molecular complexity index is 1120. The van der Waals surface area contributed by atoms with E-state index in [1.54, 1.807) is 38.2 Å². The predicted octanol–water partition coefficient (Wildman–Crippen LogP) is 4.24. The van der Waals surface area contributed by atoms with Crippen LogP contribution in [0.5, 0.6) is 0 Å². The summed E-state index contributed by atoms with van der Waals surface area (Å²) in [6.07, 6.45) is 1.44. The van der Waals surface area contributed by atoms with Crippen LogP contribution < -0.4 is 4.72 Å². The zero-order chi connectivity index (χ0) is 21.2. The molecule has 0 spiro atoms. The highest BCUT2D eigenvalue weighted by Crippen LogP contribution is 2.30. The second-order valence-corrected chi connectivity index (χ2v) is 8.89. The lowest BCUT2D eigenvalue weighted by atomic mass is 10.2. The van der Waals surface area contributed by atoms with Crippen molar-refractivity contribution < 1.29 is 22.0 Å². The number of benzene rings is 1. The van der Waals surface area contributed by atoms with Crippen LogP contribution in [0.4, 0.5) is 0 Å². The number of amides is 1. The molecule has 29 heavy (non-hydrogen) atoms. The number of aryl methyl sites for hydroxylation is 1. The number of carbonyl (C=O) groups excluding carboxylic acids is 1. The monoisotopic (exact) mass is 456 g/mol. The average Bonchev–Trinajstić information content (AvgIpc) is 3.31. The van der Waals surface area contributed by atoms with Crippen molar-refractivity contribution in [2.45, 2.75) is 24.9 Å². The molecule has 1 N–H and O–H groups in total. The Morgan fingerprint density at radius 3 is 2.52 bits per heavy atom. The molecule has 7 nitrogen and oxygen atoms in total. The first kappa shape index (κ1) is 21.4. The van der Waals surface area contributed by atoms with Gasteiger partial charge in [0.15, 0.2) is 0 Å². The number of furan rings is 2. The maximum Gasteiger partial charge on any atom is 0.255 e. The van der Waals surface area contributed by atoms with E-state index in [4.69, 9.17) is 32.0 Å². The number of carbonyl (C=O) groups is 1. The summed E-state index contributed by atoms with van der Waals surface area (Å²) in [5, 5.41) is -0.0460. The van der Waals surface area contributed by atoms with E-state index in [-0.39, 0.29) is 33.6 Å². The van der Waals surface area contributed by atoms with Crippen molar-refractivity contribution in [3.05, 3.63) is 75.6 Å². The molecule has 0 atom stereocenters. The lowest BCUT2D eigenvalue weighted by Gasteiger charge is -2.18. The summed E-state index contributed by atoms with van der Waals surface area (Å²) in [5.41, 5.74) is 0.0141. The van der Waals surface area contributed by atoms with Crippen molar-refractivity contribution in [2.24, 2.45) is 0 Å². The molecule has 0 saturated heterocycles. The smallest absolute Gasteiger partial charge is 0.255 e. The van der Waals surface area contributed by atoms with Crippen LogP contribution in [0.1, 0.15) is 27.6 Å². The number of sulfonamides is 1. The van der Waals surface area contributed by atoms with E-state index in [0.29, 0.717) is 11.5 Å². The molecule has 0 unspecified atom stereocenters. The van der Waals surface area contributed by atoms with Gasteiger partial charge in [-0.25, -0.2) is 13.1 Å². The van der Waals surface area contributed by atoms with Crippen molar-refractivity contribution in [3.63, 3.8) is 0 Å². The van der Waals surface area contributed by atoms with Crippen LogP contribution in [-0.2, 0) is 23.1 Å². The third-order valence-corrected chi connectivity index (χ3v) is 6.27. The quantitative estimate of drug-likeness (QED) is 0.573. The molecule has 3 rings (SSSR count). The zero-order valence-corrected chi connectivity index (χ0v) is 17.9. The van der Waals surface area contributed by atoms with Crippen molar-refractivity contribution in [3.8, 4) is 0 Å². The molecule has 0 aliphatic heterocycles. The number of nitrogens with one attached hydrogen (secondary N) is 1. The molecule has 0 fully saturated rings. The standard InChI is InChI=1S/C19H18Cl2N2O5S/c1-12-5-6-14(28-12)11-23(2)19(24)15-8-18(17(21)9-16(15)20)29(25,26)22-10-13-4-3-7-27-13/h3-9,22H,10-11H2,1-2H3. The lowest BCUT2D eigenvalue weighted by molar-refractivity contribution is 0.0775. The molecule has 10 heteroatoms. The highest BCUT2D eigenvalue weighted by atomic mass is 35.5. The van der Waals surface area contributed by atoms with E-state index in [1.165, 1.54) is 23.3 Å². The van der Waals surface area contributed by atoms with Crippen molar-refractivity contribution in [2.75, 3.05) is 7.05 Å². The summed E-state index contributed by atoms with van der Waals surface area (Å²) in [6, 6.07) is 9.23. The summed E-state index contributed by atoms with van der Waals surface area (Å²) in [7, 11) is -2.45. The summed E-state index contributed by atoms with van der Waals surface area (Å²) in [4.78, 5) is 14.0. The van der Waals surface area contributed by atoms with Crippen molar-refractivity contribution in [1.82, 2.24) is 9.62 Å². The van der Waals surface area contributed by atoms with Crippen LogP contribution in [-0.4, -0.2) is 26.3 Å². The second-order valence-electron chi connectivity index (χ2n) is 6.34. The zero-order valence-electron chi connectivity index (χ0n) is 15.6. The van der Waals surface area contributed by atoms with Crippen LogP contribution in [0.3, 0.4) is 0 Å². The van der Waals surface area contributed by atoms with E-state index in [0.717, 1.165) is 5.76 Å². The van der Waals surface area contributed by atoms with E-state index >= 15 is 0 Å².